The largest absolute Gasteiger partial charge is 0.471 e. The first kappa shape index (κ1) is 26.1. The Morgan fingerprint density at radius 3 is 2.86 bits per heavy atom. The fourth-order valence-corrected chi connectivity index (χ4v) is 3.86. The van der Waals surface area contributed by atoms with Crippen LogP contribution in [0.5, 0.6) is 5.88 Å². The van der Waals surface area contributed by atoms with Gasteiger partial charge in [-0.15, -0.1) is 0 Å². The molecule has 0 aliphatic carbocycles. The summed E-state index contributed by atoms with van der Waals surface area (Å²) in [4.78, 5) is 25.2. The molecule has 3 aromatic rings. The number of hydrogen-bond donors (Lipinski definition) is 2. The topological polar surface area (TPSA) is 110 Å². The van der Waals surface area contributed by atoms with Crippen LogP contribution in [0.15, 0.2) is 55.5 Å². The number of benzene rings is 1. The Kier molecular flexibility index (Phi) is 9.06. The first-order chi connectivity index (χ1) is 18.0. The number of nitrogens with one attached hydrogen (secondary N) is 2. The highest BCUT2D eigenvalue weighted by Crippen LogP contribution is 2.29. The Hall–Kier alpha value is -3.96. The van der Waals surface area contributed by atoms with Crippen molar-refractivity contribution in [2.24, 2.45) is 0 Å². The Balaban J connectivity index is 1.48. The fourth-order valence-electron chi connectivity index (χ4n) is 3.86. The van der Waals surface area contributed by atoms with E-state index in [4.69, 9.17) is 9.47 Å². The zero-order valence-electron chi connectivity index (χ0n) is 21.4. The molecule has 0 saturated carbocycles. The number of hydrogen-bond acceptors (Lipinski definition) is 9. The summed E-state index contributed by atoms with van der Waals surface area (Å²) in [6, 6.07) is 7.48. The Labute approximate surface area is 217 Å². The van der Waals surface area contributed by atoms with Crippen LogP contribution in [0.25, 0.3) is 0 Å². The summed E-state index contributed by atoms with van der Waals surface area (Å²) in [5.74, 6) is 0.630. The quantitative estimate of drug-likeness (QED) is 0.358. The molecule has 11 nitrogen and oxygen atoms in total. The van der Waals surface area contributed by atoms with Crippen LogP contribution >= 0.6 is 0 Å². The predicted octanol–water partition coefficient (Wildman–Crippen LogP) is 2.91. The van der Waals surface area contributed by atoms with Crippen molar-refractivity contribution in [1.82, 2.24) is 24.6 Å². The Morgan fingerprint density at radius 2 is 2.08 bits per heavy atom. The van der Waals surface area contributed by atoms with Gasteiger partial charge in [0, 0.05) is 31.5 Å². The van der Waals surface area contributed by atoms with Gasteiger partial charge in [-0.25, -0.2) is 4.98 Å². The number of anilines is 4. The van der Waals surface area contributed by atoms with Gasteiger partial charge in [0.15, 0.2) is 0 Å². The van der Waals surface area contributed by atoms with Gasteiger partial charge in [-0.1, -0.05) is 18.7 Å². The molecule has 1 aromatic carbocycles. The van der Waals surface area contributed by atoms with Crippen molar-refractivity contribution in [2.75, 3.05) is 62.5 Å². The molecule has 1 aliphatic rings. The van der Waals surface area contributed by atoms with Gasteiger partial charge < -0.3 is 29.9 Å². The third-order valence-electron chi connectivity index (χ3n) is 5.72. The zero-order chi connectivity index (χ0) is 26.0. The lowest BCUT2D eigenvalue weighted by molar-refractivity contribution is -0.111. The standard InChI is InChI=1S/C26H34N8O3/c1-4-24(35)29-21-8-5-7-20(15-21)19-37-25-23(33-11-13-36-14-12-33)17-27-26(31-25)30-22-16-28-34(18-22)10-6-9-32(2)3/h4-5,7-8,15-18H,1,6,9-14,19H2,2-3H3,(H,29,35)(H,27,30,31). The van der Waals surface area contributed by atoms with E-state index in [2.05, 4.69) is 56.2 Å². The van der Waals surface area contributed by atoms with Crippen LogP contribution < -0.4 is 20.3 Å². The van der Waals surface area contributed by atoms with E-state index in [0.29, 0.717) is 30.7 Å². The van der Waals surface area contributed by atoms with Crippen LogP contribution in [0, 0.1) is 0 Å². The van der Waals surface area contributed by atoms with E-state index in [1.165, 1.54) is 6.08 Å². The van der Waals surface area contributed by atoms with Crippen LogP contribution in [-0.2, 0) is 22.7 Å². The average molecular weight is 507 g/mol. The molecule has 0 spiro atoms. The second-order valence-corrected chi connectivity index (χ2v) is 8.94. The van der Waals surface area contributed by atoms with Gasteiger partial charge >= 0.3 is 0 Å². The number of aromatic nitrogens is 4. The third kappa shape index (κ3) is 7.76. The molecule has 4 rings (SSSR count). The number of nitrogens with zero attached hydrogens (tertiary/aromatic N) is 6. The Bertz CT molecular complexity index is 1190. The molecular weight excluding hydrogens is 472 g/mol. The first-order valence-corrected chi connectivity index (χ1v) is 12.3. The second-order valence-electron chi connectivity index (χ2n) is 8.94. The summed E-state index contributed by atoms with van der Waals surface area (Å²) < 4.78 is 13.6. The van der Waals surface area contributed by atoms with Gasteiger partial charge in [-0.05, 0) is 50.8 Å². The van der Waals surface area contributed by atoms with Gasteiger partial charge in [-0.2, -0.15) is 10.1 Å². The number of rotatable bonds is 12. The summed E-state index contributed by atoms with van der Waals surface area (Å²) in [5, 5.41) is 10.4. The lowest BCUT2D eigenvalue weighted by Gasteiger charge is -2.29. The van der Waals surface area contributed by atoms with E-state index < -0.39 is 0 Å². The summed E-state index contributed by atoms with van der Waals surface area (Å²) >= 11 is 0. The van der Waals surface area contributed by atoms with Crippen molar-refractivity contribution < 1.29 is 14.3 Å². The lowest BCUT2D eigenvalue weighted by atomic mass is 10.2. The lowest BCUT2D eigenvalue weighted by Crippen LogP contribution is -2.36. The minimum Gasteiger partial charge on any atom is -0.471 e. The highest BCUT2D eigenvalue weighted by Gasteiger charge is 2.19. The van der Waals surface area contributed by atoms with Crippen molar-refractivity contribution >= 4 is 28.9 Å². The van der Waals surface area contributed by atoms with Crippen molar-refractivity contribution in [3.63, 3.8) is 0 Å². The predicted molar refractivity (Wildman–Crippen MR) is 143 cm³/mol. The average Bonchev–Trinajstić information content (AvgIpc) is 3.35. The van der Waals surface area contributed by atoms with Gasteiger partial charge in [0.25, 0.3) is 0 Å². The van der Waals surface area contributed by atoms with E-state index in [9.17, 15) is 4.79 Å². The number of carbonyl (C=O) groups is 1. The molecular formula is C26H34N8O3. The molecule has 0 unspecified atom stereocenters. The summed E-state index contributed by atoms with van der Waals surface area (Å²) in [7, 11) is 4.12. The monoisotopic (exact) mass is 506 g/mol. The molecule has 3 heterocycles. The number of ether oxygens (including phenoxy) is 2. The Morgan fingerprint density at radius 1 is 1.24 bits per heavy atom. The van der Waals surface area contributed by atoms with Gasteiger partial charge in [-0.3, -0.25) is 9.48 Å². The maximum Gasteiger partial charge on any atom is 0.247 e. The van der Waals surface area contributed by atoms with Crippen LogP contribution in [0.4, 0.5) is 23.0 Å². The number of amides is 1. The molecule has 1 amide bonds. The highest BCUT2D eigenvalue weighted by atomic mass is 16.5. The first-order valence-electron chi connectivity index (χ1n) is 12.3. The van der Waals surface area contributed by atoms with Crippen LogP contribution in [0.2, 0.25) is 0 Å². The SMILES string of the molecule is C=CC(=O)Nc1cccc(COc2nc(Nc3cnn(CCCN(C)C)c3)ncc2N2CCOCC2)c1. The van der Waals surface area contributed by atoms with E-state index in [1.807, 2.05) is 35.1 Å². The minimum atomic E-state index is -0.264. The van der Waals surface area contributed by atoms with E-state index in [-0.39, 0.29) is 12.5 Å². The maximum atomic E-state index is 11.7. The maximum absolute atomic E-state index is 11.7. The second kappa shape index (κ2) is 12.8. The van der Waals surface area contributed by atoms with Crippen LogP contribution in [0.3, 0.4) is 0 Å². The van der Waals surface area contributed by atoms with Gasteiger partial charge in [0.05, 0.1) is 31.3 Å². The molecule has 2 N–H and O–H groups in total. The normalized spacial score (nSPS) is 13.4. The highest BCUT2D eigenvalue weighted by molar-refractivity contribution is 5.98. The summed E-state index contributed by atoms with van der Waals surface area (Å²) in [6.07, 6.45) is 7.73. The molecule has 0 radical (unpaired) electrons. The minimum absolute atomic E-state index is 0.264. The van der Waals surface area contributed by atoms with Crippen molar-refractivity contribution in [3.8, 4) is 5.88 Å². The molecule has 1 saturated heterocycles. The third-order valence-corrected chi connectivity index (χ3v) is 5.72. The van der Waals surface area contributed by atoms with Crippen LogP contribution in [0.1, 0.15) is 12.0 Å². The van der Waals surface area contributed by atoms with Crippen molar-refractivity contribution in [1.29, 1.82) is 0 Å². The summed E-state index contributed by atoms with van der Waals surface area (Å²) in [6.45, 7) is 8.33. The van der Waals surface area contributed by atoms with E-state index >= 15 is 0 Å². The molecule has 37 heavy (non-hydrogen) atoms. The molecule has 1 aliphatic heterocycles. The van der Waals surface area contributed by atoms with Crippen molar-refractivity contribution in [3.05, 3.63) is 61.1 Å². The molecule has 196 valence electrons. The molecule has 1 fully saturated rings. The van der Waals surface area contributed by atoms with E-state index in [1.54, 1.807) is 12.4 Å². The number of aryl methyl sites for hydroxylation is 1. The van der Waals surface area contributed by atoms with Gasteiger partial charge in [0.1, 0.15) is 12.3 Å². The number of morpholine rings is 1. The molecule has 2 aromatic heterocycles. The number of carbonyl (C=O) groups excluding carboxylic acids is 1. The molecule has 0 bridgehead atoms. The van der Waals surface area contributed by atoms with Gasteiger partial charge in [0.2, 0.25) is 17.7 Å². The van der Waals surface area contributed by atoms with Crippen LogP contribution in [-0.4, -0.2) is 77.5 Å². The smallest absolute Gasteiger partial charge is 0.247 e. The summed E-state index contributed by atoms with van der Waals surface area (Å²) in [5.41, 5.74) is 3.18. The van der Waals surface area contributed by atoms with E-state index in [0.717, 1.165) is 49.5 Å². The molecule has 0 atom stereocenters. The zero-order valence-corrected chi connectivity index (χ0v) is 21.4. The fraction of sp³-hybridized carbons (Fsp3) is 0.385. The van der Waals surface area contributed by atoms with Crippen molar-refractivity contribution in [2.45, 2.75) is 19.6 Å². The molecule has 11 heteroatoms.